The van der Waals surface area contributed by atoms with Crippen molar-refractivity contribution in [2.45, 2.75) is 13.8 Å². The van der Waals surface area contributed by atoms with E-state index in [1.165, 1.54) is 0 Å². The predicted molar refractivity (Wildman–Crippen MR) is 43.9 cm³/mol. The van der Waals surface area contributed by atoms with Crippen LogP contribution in [0.5, 0.6) is 0 Å². The molecule has 0 amide bonds. The maximum atomic E-state index is 8.33. The zero-order valence-electron chi connectivity index (χ0n) is 7.16. The molecular formula is C6H16BNO3. The van der Waals surface area contributed by atoms with Gasteiger partial charge >= 0.3 is 7.32 Å². The van der Waals surface area contributed by atoms with Gasteiger partial charge in [0.1, 0.15) is 0 Å². The molecule has 0 aromatic rings. The van der Waals surface area contributed by atoms with Crippen LogP contribution in [0.4, 0.5) is 0 Å². The van der Waals surface area contributed by atoms with Gasteiger partial charge in [0.2, 0.25) is 0 Å². The highest BCUT2D eigenvalue weighted by Crippen LogP contribution is 1.86. The van der Waals surface area contributed by atoms with Crippen molar-refractivity contribution in [3.63, 3.8) is 0 Å². The summed E-state index contributed by atoms with van der Waals surface area (Å²) >= 11 is 0. The molecule has 11 heavy (non-hydrogen) atoms. The first-order valence-corrected chi connectivity index (χ1v) is 3.90. The zero-order valence-corrected chi connectivity index (χ0v) is 7.16. The standard InChI is InChI=1S/C6H16BNO3/c1-3-8(4-2)5-6-11-7(9)10/h9-10H,3-6H2,1-2H3. The molecule has 0 atom stereocenters. The van der Waals surface area contributed by atoms with E-state index in [4.69, 9.17) is 10.0 Å². The molecule has 0 aromatic carbocycles. The van der Waals surface area contributed by atoms with E-state index in [9.17, 15) is 0 Å². The van der Waals surface area contributed by atoms with Gasteiger partial charge in [0.15, 0.2) is 0 Å². The first-order chi connectivity index (χ1) is 5.20. The molecule has 0 spiro atoms. The van der Waals surface area contributed by atoms with E-state index >= 15 is 0 Å². The first kappa shape index (κ1) is 10.9. The van der Waals surface area contributed by atoms with E-state index in [0.717, 1.165) is 19.6 Å². The number of hydrogen-bond acceptors (Lipinski definition) is 4. The second kappa shape index (κ2) is 6.60. The Morgan fingerprint density at radius 2 is 1.82 bits per heavy atom. The summed E-state index contributed by atoms with van der Waals surface area (Å²) in [6.07, 6.45) is 0. The Hall–Kier alpha value is -0.0951. The van der Waals surface area contributed by atoms with Crippen LogP contribution in [-0.2, 0) is 4.65 Å². The van der Waals surface area contributed by atoms with Gasteiger partial charge in [-0.25, -0.2) is 0 Å². The van der Waals surface area contributed by atoms with E-state index in [-0.39, 0.29) is 0 Å². The highest BCUT2D eigenvalue weighted by molar-refractivity contribution is 6.32. The Balaban J connectivity index is 3.21. The van der Waals surface area contributed by atoms with Crippen LogP contribution in [0, 0.1) is 0 Å². The Kier molecular flexibility index (Phi) is 6.55. The van der Waals surface area contributed by atoms with Crippen molar-refractivity contribution in [2.24, 2.45) is 0 Å². The van der Waals surface area contributed by atoms with Gasteiger partial charge in [0.25, 0.3) is 0 Å². The molecule has 0 saturated carbocycles. The molecule has 0 saturated heterocycles. The summed E-state index contributed by atoms with van der Waals surface area (Å²) in [5.74, 6) is 0. The minimum atomic E-state index is -1.63. The molecule has 4 nitrogen and oxygen atoms in total. The molecular weight excluding hydrogens is 145 g/mol. The average molecular weight is 161 g/mol. The van der Waals surface area contributed by atoms with Gasteiger partial charge in [-0.05, 0) is 13.1 Å². The van der Waals surface area contributed by atoms with Crippen LogP contribution in [0.2, 0.25) is 0 Å². The number of nitrogens with zero attached hydrogens (tertiary/aromatic N) is 1. The smallest absolute Gasteiger partial charge is 0.402 e. The highest BCUT2D eigenvalue weighted by Gasteiger charge is 2.08. The lowest BCUT2D eigenvalue weighted by molar-refractivity contribution is 0.155. The van der Waals surface area contributed by atoms with Gasteiger partial charge in [-0.15, -0.1) is 0 Å². The van der Waals surface area contributed by atoms with Gasteiger partial charge in [-0.2, -0.15) is 0 Å². The van der Waals surface area contributed by atoms with Crippen molar-refractivity contribution in [1.29, 1.82) is 0 Å². The van der Waals surface area contributed by atoms with Crippen LogP contribution in [0.3, 0.4) is 0 Å². The molecule has 2 N–H and O–H groups in total. The molecule has 0 unspecified atom stereocenters. The van der Waals surface area contributed by atoms with Gasteiger partial charge < -0.3 is 19.6 Å². The molecule has 0 aliphatic heterocycles. The predicted octanol–water partition coefficient (Wildman–Crippen LogP) is -0.686. The molecule has 0 heterocycles. The summed E-state index contributed by atoms with van der Waals surface area (Å²) in [5, 5.41) is 16.7. The van der Waals surface area contributed by atoms with E-state index < -0.39 is 7.32 Å². The SMILES string of the molecule is CCN(CC)CCOB(O)O. The molecule has 66 valence electrons. The largest absolute Gasteiger partial charge is 0.633 e. The lowest BCUT2D eigenvalue weighted by Gasteiger charge is -2.17. The molecule has 0 aliphatic rings. The number of hydrogen-bond donors (Lipinski definition) is 2. The Bertz CT molecular complexity index is 87.9. The van der Waals surface area contributed by atoms with Crippen molar-refractivity contribution >= 4 is 7.32 Å². The van der Waals surface area contributed by atoms with Crippen molar-refractivity contribution in [3.05, 3.63) is 0 Å². The minimum absolute atomic E-state index is 0.360. The van der Waals surface area contributed by atoms with Crippen LogP contribution >= 0.6 is 0 Å². The van der Waals surface area contributed by atoms with E-state index in [2.05, 4.69) is 23.4 Å². The Morgan fingerprint density at radius 1 is 1.27 bits per heavy atom. The fraction of sp³-hybridized carbons (Fsp3) is 1.00. The molecule has 0 rings (SSSR count). The van der Waals surface area contributed by atoms with Crippen molar-refractivity contribution < 1.29 is 14.7 Å². The van der Waals surface area contributed by atoms with Crippen LogP contribution in [0.15, 0.2) is 0 Å². The van der Waals surface area contributed by atoms with E-state index in [0.29, 0.717) is 6.61 Å². The quantitative estimate of drug-likeness (QED) is 0.506. The summed E-state index contributed by atoms with van der Waals surface area (Å²) in [5.41, 5.74) is 0. The number of likely N-dealkylation sites (N-methyl/N-ethyl adjacent to an activating group) is 1. The van der Waals surface area contributed by atoms with Gasteiger partial charge in [0.05, 0.1) is 0 Å². The van der Waals surface area contributed by atoms with Crippen LogP contribution < -0.4 is 0 Å². The second-order valence-electron chi connectivity index (χ2n) is 2.22. The lowest BCUT2D eigenvalue weighted by Crippen LogP contribution is -2.29. The summed E-state index contributed by atoms with van der Waals surface area (Å²) in [4.78, 5) is 2.14. The molecule has 5 heteroatoms. The molecule has 0 bridgehead atoms. The highest BCUT2D eigenvalue weighted by atomic mass is 16.6. The third kappa shape index (κ3) is 6.31. The monoisotopic (exact) mass is 161 g/mol. The lowest BCUT2D eigenvalue weighted by atomic mass is 10.3. The zero-order chi connectivity index (χ0) is 8.69. The second-order valence-corrected chi connectivity index (χ2v) is 2.22. The molecule has 0 aliphatic carbocycles. The Morgan fingerprint density at radius 3 is 2.18 bits per heavy atom. The van der Waals surface area contributed by atoms with Crippen LogP contribution in [-0.4, -0.2) is 48.5 Å². The minimum Gasteiger partial charge on any atom is -0.402 e. The van der Waals surface area contributed by atoms with Crippen molar-refractivity contribution in [3.8, 4) is 0 Å². The van der Waals surface area contributed by atoms with Crippen molar-refractivity contribution in [2.75, 3.05) is 26.2 Å². The van der Waals surface area contributed by atoms with Gasteiger partial charge in [-0.3, -0.25) is 0 Å². The fourth-order valence-electron chi connectivity index (χ4n) is 0.827. The third-order valence-electron chi connectivity index (χ3n) is 1.57. The van der Waals surface area contributed by atoms with Gasteiger partial charge in [0, 0.05) is 13.2 Å². The summed E-state index contributed by atoms with van der Waals surface area (Å²) in [6, 6.07) is 0. The fourth-order valence-corrected chi connectivity index (χ4v) is 0.827. The van der Waals surface area contributed by atoms with E-state index in [1.54, 1.807) is 0 Å². The normalized spacial score (nSPS) is 10.6. The molecule has 0 fully saturated rings. The van der Waals surface area contributed by atoms with E-state index in [1.807, 2.05) is 0 Å². The maximum Gasteiger partial charge on any atom is 0.633 e. The van der Waals surface area contributed by atoms with Crippen LogP contribution in [0.1, 0.15) is 13.8 Å². The topological polar surface area (TPSA) is 52.9 Å². The summed E-state index contributed by atoms with van der Waals surface area (Å²) in [6.45, 7) is 7.13. The van der Waals surface area contributed by atoms with Gasteiger partial charge in [-0.1, -0.05) is 13.8 Å². The third-order valence-corrected chi connectivity index (χ3v) is 1.57. The summed E-state index contributed by atoms with van der Waals surface area (Å²) in [7, 11) is -1.63. The maximum absolute atomic E-state index is 8.33. The molecule has 0 aromatic heterocycles. The Labute approximate surface area is 68.0 Å². The van der Waals surface area contributed by atoms with Crippen LogP contribution in [0.25, 0.3) is 0 Å². The number of rotatable bonds is 6. The summed E-state index contributed by atoms with van der Waals surface area (Å²) < 4.78 is 4.55. The molecule has 0 radical (unpaired) electrons. The average Bonchev–Trinajstić information content (AvgIpc) is 1.98. The van der Waals surface area contributed by atoms with Crippen molar-refractivity contribution in [1.82, 2.24) is 4.90 Å². The first-order valence-electron chi connectivity index (χ1n) is 3.90.